The lowest BCUT2D eigenvalue weighted by atomic mass is 10.0. The standard InChI is InChI=1S/C23H26N2O4S/c1-3-4-5-6-17-7-9-18(10-8-17)20(26)11-12-22(28)29-14-21(27)19(13-24)23-25-16(2)15-30-23/h7-10,15,19H,3-6,11-12,14H2,1-2H3/t19-/m1/s1. The smallest absolute Gasteiger partial charge is 0.306 e. The molecule has 0 N–H and O–H groups in total. The van der Waals surface area contributed by atoms with Gasteiger partial charge in [0.05, 0.1) is 12.5 Å². The predicted molar refractivity (Wildman–Crippen MR) is 114 cm³/mol. The first-order valence-corrected chi connectivity index (χ1v) is 10.9. The summed E-state index contributed by atoms with van der Waals surface area (Å²) in [6.45, 7) is 3.43. The van der Waals surface area contributed by atoms with Crippen molar-refractivity contribution in [3.05, 3.63) is 51.5 Å². The highest BCUT2D eigenvalue weighted by Gasteiger charge is 2.24. The first-order valence-electron chi connectivity index (χ1n) is 10.1. The first-order chi connectivity index (χ1) is 14.4. The van der Waals surface area contributed by atoms with Crippen LogP contribution in [0.15, 0.2) is 29.6 Å². The number of nitrogens with zero attached hydrogens (tertiary/aromatic N) is 2. The molecule has 1 heterocycles. The van der Waals surface area contributed by atoms with Crippen LogP contribution in [0, 0.1) is 18.3 Å². The number of ether oxygens (including phenoxy) is 1. The zero-order valence-corrected chi connectivity index (χ0v) is 18.2. The largest absolute Gasteiger partial charge is 0.458 e. The Kier molecular flexibility index (Phi) is 9.36. The van der Waals surface area contributed by atoms with Crippen molar-refractivity contribution in [2.24, 2.45) is 0 Å². The molecule has 0 aliphatic heterocycles. The van der Waals surface area contributed by atoms with Crippen LogP contribution in [0.1, 0.15) is 71.6 Å². The summed E-state index contributed by atoms with van der Waals surface area (Å²) < 4.78 is 4.96. The Labute approximate surface area is 180 Å². The zero-order valence-electron chi connectivity index (χ0n) is 17.3. The minimum absolute atomic E-state index is 0.00948. The van der Waals surface area contributed by atoms with Gasteiger partial charge < -0.3 is 4.74 Å². The summed E-state index contributed by atoms with van der Waals surface area (Å²) in [5.41, 5.74) is 2.48. The fourth-order valence-corrected chi connectivity index (χ4v) is 3.73. The van der Waals surface area contributed by atoms with Crippen molar-refractivity contribution < 1.29 is 19.1 Å². The molecule has 1 atom stereocenters. The van der Waals surface area contributed by atoms with E-state index >= 15 is 0 Å². The van der Waals surface area contributed by atoms with Gasteiger partial charge in [-0.15, -0.1) is 11.3 Å². The number of carbonyl (C=O) groups is 3. The van der Waals surface area contributed by atoms with Crippen molar-refractivity contribution >= 4 is 28.9 Å². The Balaban J connectivity index is 1.76. The van der Waals surface area contributed by atoms with Crippen molar-refractivity contribution in [2.45, 2.75) is 58.3 Å². The van der Waals surface area contributed by atoms with Crippen LogP contribution in [-0.2, 0) is 20.7 Å². The van der Waals surface area contributed by atoms with E-state index in [9.17, 15) is 19.6 Å². The van der Waals surface area contributed by atoms with Gasteiger partial charge in [0.15, 0.2) is 24.1 Å². The van der Waals surface area contributed by atoms with E-state index in [2.05, 4.69) is 11.9 Å². The lowest BCUT2D eigenvalue weighted by Gasteiger charge is -2.07. The Morgan fingerprint density at radius 2 is 1.90 bits per heavy atom. The molecule has 0 saturated carbocycles. The minimum atomic E-state index is -1.05. The number of carbonyl (C=O) groups excluding carboxylic acids is 3. The van der Waals surface area contributed by atoms with Crippen LogP contribution >= 0.6 is 11.3 Å². The topological polar surface area (TPSA) is 97.1 Å². The molecule has 0 unspecified atom stereocenters. The average molecular weight is 427 g/mol. The highest BCUT2D eigenvalue weighted by atomic mass is 32.1. The van der Waals surface area contributed by atoms with Gasteiger partial charge in [0.2, 0.25) is 0 Å². The Morgan fingerprint density at radius 1 is 1.17 bits per heavy atom. The maximum atomic E-state index is 12.3. The molecule has 0 fully saturated rings. The van der Waals surface area contributed by atoms with Crippen LogP contribution in [-0.4, -0.2) is 29.1 Å². The number of aryl methyl sites for hydroxylation is 2. The van der Waals surface area contributed by atoms with Crippen LogP contribution < -0.4 is 0 Å². The second kappa shape index (κ2) is 12.0. The van der Waals surface area contributed by atoms with Gasteiger partial charge in [0.25, 0.3) is 0 Å². The predicted octanol–water partition coefficient (Wildman–Crippen LogP) is 4.57. The molecule has 0 aliphatic rings. The van der Waals surface area contributed by atoms with Gasteiger partial charge in [0, 0.05) is 23.1 Å². The van der Waals surface area contributed by atoms with Gasteiger partial charge in [-0.05, 0) is 25.3 Å². The van der Waals surface area contributed by atoms with Crippen LogP contribution in [0.4, 0.5) is 0 Å². The fraction of sp³-hybridized carbons (Fsp3) is 0.435. The lowest BCUT2D eigenvalue weighted by molar-refractivity contribution is -0.148. The Bertz CT molecular complexity index is 912. The molecule has 1 aromatic carbocycles. The Morgan fingerprint density at radius 3 is 2.50 bits per heavy atom. The molecule has 1 aromatic heterocycles. The molecule has 0 amide bonds. The van der Waals surface area contributed by atoms with Crippen molar-refractivity contribution in [2.75, 3.05) is 6.61 Å². The first kappa shape index (κ1) is 23.4. The molecule has 6 nitrogen and oxygen atoms in total. The van der Waals surface area contributed by atoms with E-state index in [4.69, 9.17) is 4.74 Å². The lowest BCUT2D eigenvalue weighted by Crippen LogP contribution is -2.20. The highest BCUT2D eigenvalue weighted by Crippen LogP contribution is 2.21. The Hall–Kier alpha value is -2.85. The molecular weight excluding hydrogens is 400 g/mol. The maximum absolute atomic E-state index is 12.3. The number of nitriles is 1. The summed E-state index contributed by atoms with van der Waals surface area (Å²) >= 11 is 1.22. The summed E-state index contributed by atoms with van der Waals surface area (Å²) in [6.07, 6.45) is 4.37. The normalized spacial score (nSPS) is 11.5. The second-order valence-electron chi connectivity index (χ2n) is 7.09. The van der Waals surface area contributed by atoms with E-state index < -0.39 is 24.3 Å². The van der Waals surface area contributed by atoms with E-state index in [0.29, 0.717) is 10.6 Å². The number of Topliss-reactive ketones (excluding diaryl/α,β-unsaturated/α-hetero) is 2. The average Bonchev–Trinajstić information content (AvgIpc) is 3.17. The molecule has 0 spiro atoms. The summed E-state index contributed by atoms with van der Waals surface area (Å²) in [5, 5.41) is 11.4. The monoisotopic (exact) mass is 426 g/mol. The number of esters is 1. The van der Waals surface area contributed by atoms with E-state index in [1.807, 2.05) is 18.2 Å². The van der Waals surface area contributed by atoms with Crippen LogP contribution in [0.2, 0.25) is 0 Å². The van der Waals surface area contributed by atoms with Gasteiger partial charge in [-0.1, -0.05) is 44.0 Å². The molecule has 2 aromatic rings. The number of unbranched alkanes of at least 4 members (excludes halogenated alkanes) is 2. The molecule has 158 valence electrons. The van der Waals surface area contributed by atoms with Crippen LogP contribution in [0.3, 0.4) is 0 Å². The van der Waals surface area contributed by atoms with Gasteiger partial charge >= 0.3 is 5.97 Å². The molecule has 0 bridgehead atoms. The minimum Gasteiger partial charge on any atom is -0.458 e. The molecule has 30 heavy (non-hydrogen) atoms. The molecule has 0 aliphatic carbocycles. The van der Waals surface area contributed by atoms with Crippen molar-refractivity contribution in [1.29, 1.82) is 5.26 Å². The van der Waals surface area contributed by atoms with Crippen LogP contribution in [0.5, 0.6) is 0 Å². The summed E-state index contributed by atoms with van der Waals surface area (Å²) in [6, 6.07) is 9.36. The summed E-state index contributed by atoms with van der Waals surface area (Å²) in [7, 11) is 0. The van der Waals surface area contributed by atoms with Crippen LogP contribution in [0.25, 0.3) is 0 Å². The third-order valence-corrected chi connectivity index (χ3v) is 5.64. The molecule has 7 heteroatoms. The molecule has 2 rings (SSSR count). The number of hydrogen-bond donors (Lipinski definition) is 0. The third-order valence-electron chi connectivity index (χ3n) is 4.61. The van der Waals surface area contributed by atoms with Gasteiger partial charge in [0.1, 0.15) is 5.01 Å². The highest BCUT2D eigenvalue weighted by molar-refractivity contribution is 7.09. The van der Waals surface area contributed by atoms with Crippen molar-refractivity contribution in [3.8, 4) is 6.07 Å². The molecule has 0 radical (unpaired) electrons. The number of thiazole rings is 1. The number of benzene rings is 1. The van der Waals surface area contributed by atoms with Crippen molar-refractivity contribution in [1.82, 2.24) is 4.98 Å². The SMILES string of the molecule is CCCCCc1ccc(C(=O)CCC(=O)OCC(=O)[C@@H](C#N)c2nc(C)cs2)cc1. The van der Waals surface area contributed by atoms with Crippen molar-refractivity contribution in [3.63, 3.8) is 0 Å². The summed E-state index contributed by atoms with van der Waals surface area (Å²) in [4.78, 5) is 40.5. The maximum Gasteiger partial charge on any atom is 0.306 e. The fourth-order valence-electron chi connectivity index (χ4n) is 2.87. The quantitative estimate of drug-likeness (QED) is 0.280. The van der Waals surface area contributed by atoms with Gasteiger partial charge in [-0.25, -0.2) is 4.98 Å². The van der Waals surface area contributed by atoms with E-state index in [1.165, 1.54) is 29.7 Å². The van der Waals surface area contributed by atoms with E-state index in [-0.39, 0.29) is 18.6 Å². The number of aromatic nitrogens is 1. The molecular formula is C23H26N2O4S. The number of hydrogen-bond acceptors (Lipinski definition) is 7. The third kappa shape index (κ3) is 7.20. The summed E-state index contributed by atoms with van der Waals surface area (Å²) in [5.74, 6) is -2.36. The van der Waals surface area contributed by atoms with E-state index in [0.717, 1.165) is 18.5 Å². The number of ketones is 2. The van der Waals surface area contributed by atoms with E-state index in [1.54, 1.807) is 24.4 Å². The van der Waals surface area contributed by atoms with Gasteiger partial charge in [-0.2, -0.15) is 5.26 Å². The second-order valence-corrected chi connectivity index (χ2v) is 7.98. The van der Waals surface area contributed by atoms with Gasteiger partial charge in [-0.3, -0.25) is 14.4 Å². The number of rotatable bonds is 12. The molecule has 0 saturated heterocycles. The zero-order chi connectivity index (χ0) is 21.9.